The van der Waals surface area contributed by atoms with Crippen LogP contribution in [0.1, 0.15) is 15.9 Å². The molecule has 0 atom stereocenters. The second kappa shape index (κ2) is 9.67. The summed E-state index contributed by atoms with van der Waals surface area (Å²) in [5.41, 5.74) is 0.938. The molecule has 0 aliphatic rings. The summed E-state index contributed by atoms with van der Waals surface area (Å²) in [5, 5.41) is 7.31. The van der Waals surface area contributed by atoms with Crippen molar-refractivity contribution >= 4 is 29.0 Å². The van der Waals surface area contributed by atoms with E-state index >= 15 is 0 Å². The van der Waals surface area contributed by atoms with Gasteiger partial charge in [0.1, 0.15) is 5.82 Å². The number of hydrogen-bond acceptors (Lipinski definition) is 3. The Bertz CT molecular complexity index is 1350. The van der Waals surface area contributed by atoms with Crippen LogP contribution in [0.4, 0.5) is 39.4 Å². The largest absolute Gasteiger partial charge is 0.416 e. The highest BCUT2D eigenvalue weighted by Gasteiger charge is 2.31. The molecule has 2 aromatic carbocycles. The first-order valence-electron chi connectivity index (χ1n) is 10.1. The molecule has 0 aliphatic carbocycles. The lowest BCUT2D eigenvalue weighted by Gasteiger charge is -2.12. The maximum atomic E-state index is 13.9. The smallest absolute Gasteiger partial charge is 0.365 e. The van der Waals surface area contributed by atoms with Gasteiger partial charge in [-0.2, -0.15) is 13.2 Å². The molecule has 178 valence electrons. The van der Waals surface area contributed by atoms with E-state index in [2.05, 4.69) is 25.9 Å². The number of carbonyl (C=O) groups is 2. The molecule has 0 aliphatic heterocycles. The van der Waals surface area contributed by atoms with E-state index in [1.165, 1.54) is 6.20 Å². The Morgan fingerprint density at radius 1 is 0.886 bits per heavy atom. The van der Waals surface area contributed by atoms with Gasteiger partial charge in [-0.3, -0.25) is 9.78 Å². The van der Waals surface area contributed by atoms with Gasteiger partial charge in [-0.15, -0.1) is 0 Å². The first-order chi connectivity index (χ1) is 16.7. The van der Waals surface area contributed by atoms with Gasteiger partial charge >= 0.3 is 12.2 Å². The van der Waals surface area contributed by atoms with Crippen molar-refractivity contribution in [3.8, 4) is 11.1 Å². The molecule has 4 aromatic rings. The summed E-state index contributed by atoms with van der Waals surface area (Å²) < 4.78 is 52.4. The number of amides is 3. The summed E-state index contributed by atoms with van der Waals surface area (Å²) in [6.07, 6.45) is 1.63. The van der Waals surface area contributed by atoms with Crippen LogP contribution in [-0.4, -0.2) is 21.9 Å². The SMILES string of the molecule is O=C(Nc1ccc(-c2c[nH]cc2NC(=O)c2cccnc2)cc1)Nc1cc(C(F)(F)F)ccc1F. The minimum absolute atomic E-state index is 0.315. The van der Waals surface area contributed by atoms with Crippen LogP contribution in [0, 0.1) is 5.82 Å². The molecule has 0 saturated heterocycles. The number of H-pyrrole nitrogens is 1. The third-order valence-electron chi connectivity index (χ3n) is 4.91. The first kappa shape index (κ1) is 23.5. The van der Waals surface area contributed by atoms with Crippen molar-refractivity contribution in [2.45, 2.75) is 6.18 Å². The average Bonchev–Trinajstić information content (AvgIpc) is 3.29. The third-order valence-corrected chi connectivity index (χ3v) is 4.91. The van der Waals surface area contributed by atoms with Crippen molar-refractivity contribution in [3.05, 3.63) is 96.3 Å². The number of aromatic nitrogens is 2. The fourth-order valence-corrected chi connectivity index (χ4v) is 3.21. The van der Waals surface area contributed by atoms with Gasteiger partial charge in [-0.1, -0.05) is 12.1 Å². The van der Waals surface area contributed by atoms with Crippen LogP contribution in [0.25, 0.3) is 11.1 Å². The molecule has 0 spiro atoms. The summed E-state index contributed by atoms with van der Waals surface area (Å²) in [6.45, 7) is 0. The fraction of sp³-hybridized carbons (Fsp3) is 0.0417. The maximum Gasteiger partial charge on any atom is 0.416 e. The summed E-state index contributed by atoms with van der Waals surface area (Å²) >= 11 is 0. The number of nitrogens with zero attached hydrogens (tertiary/aromatic N) is 1. The molecule has 7 nitrogen and oxygen atoms in total. The van der Waals surface area contributed by atoms with Crippen molar-refractivity contribution in [2.24, 2.45) is 0 Å². The Morgan fingerprint density at radius 2 is 1.66 bits per heavy atom. The quantitative estimate of drug-likeness (QED) is 0.257. The number of hydrogen-bond donors (Lipinski definition) is 4. The average molecular weight is 483 g/mol. The monoisotopic (exact) mass is 483 g/mol. The number of nitrogens with one attached hydrogen (secondary N) is 4. The van der Waals surface area contributed by atoms with Crippen molar-refractivity contribution in [2.75, 3.05) is 16.0 Å². The van der Waals surface area contributed by atoms with Crippen LogP contribution < -0.4 is 16.0 Å². The second-order valence-corrected chi connectivity index (χ2v) is 7.33. The van der Waals surface area contributed by atoms with Gasteiger partial charge in [-0.25, -0.2) is 9.18 Å². The lowest BCUT2D eigenvalue weighted by molar-refractivity contribution is -0.137. The van der Waals surface area contributed by atoms with E-state index in [0.717, 1.165) is 0 Å². The molecule has 0 unspecified atom stereocenters. The molecule has 3 amide bonds. The fourth-order valence-electron chi connectivity index (χ4n) is 3.21. The zero-order valence-corrected chi connectivity index (χ0v) is 17.8. The highest BCUT2D eigenvalue weighted by molar-refractivity contribution is 6.06. The number of pyridine rings is 1. The van der Waals surface area contributed by atoms with E-state index < -0.39 is 29.3 Å². The molecule has 11 heteroatoms. The Hall–Kier alpha value is -4.67. The molecule has 0 radical (unpaired) electrons. The molecular formula is C24H17F4N5O2. The van der Waals surface area contributed by atoms with E-state index in [0.29, 0.717) is 46.3 Å². The Labute approximate surface area is 196 Å². The highest BCUT2D eigenvalue weighted by Crippen LogP contribution is 2.32. The zero-order chi connectivity index (χ0) is 25.0. The zero-order valence-electron chi connectivity index (χ0n) is 17.8. The van der Waals surface area contributed by atoms with E-state index in [-0.39, 0.29) is 5.91 Å². The van der Waals surface area contributed by atoms with E-state index in [4.69, 9.17) is 0 Å². The molecule has 2 aromatic heterocycles. The van der Waals surface area contributed by atoms with Gasteiger partial charge in [0, 0.05) is 36.0 Å². The van der Waals surface area contributed by atoms with Crippen LogP contribution in [-0.2, 0) is 6.18 Å². The lowest BCUT2D eigenvalue weighted by Crippen LogP contribution is -2.20. The summed E-state index contributed by atoms with van der Waals surface area (Å²) in [5.74, 6) is -1.34. The molecule has 0 bridgehead atoms. The minimum Gasteiger partial charge on any atom is -0.365 e. The van der Waals surface area contributed by atoms with Gasteiger partial charge in [-0.05, 0) is 48.0 Å². The topological polar surface area (TPSA) is 98.9 Å². The number of carbonyl (C=O) groups excluding carboxylic acids is 2. The van der Waals surface area contributed by atoms with E-state index in [9.17, 15) is 27.2 Å². The van der Waals surface area contributed by atoms with Gasteiger partial charge in [0.05, 0.1) is 22.5 Å². The summed E-state index contributed by atoms with van der Waals surface area (Å²) in [7, 11) is 0. The van der Waals surface area contributed by atoms with Crippen LogP contribution in [0.5, 0.6) is 0 Å². The van der Waals surface area contributed by atoms with Crippen LogP contribution in [0.3, 0.4) is 0 Å². The minimum atomic E-state index is -4.68. The molecular weight excluding hydrogens is 466 g/mol. The molecule has 0 saturated carbocycles. The van der Waals surface area contributed by atoms with Crippen LogP contribution in [0.2, 0.25) is 0 Å². The maximum absolute atomic E-state index is 13.9. The number of halogens is 4. The van der Waals surface area contributed by atoms with Crippen molar-refractivity contribution in [1.82, 2.24) is 9.97 Å². The number of anilines is 3. The van der Waals surface area contributed by atoms with Gasteiger partial charge < -0.3 is 20.9 Å². The molecule has 35 heavy (non-hydrogen) atoms. The summed E-state index contributed by atoms with van der Waals surface area (Å²) in [6, 6.07) is 10.6. The Morgan fingerprint density at radius 3 is 2.34 bits per heavy atom. The molecule has 4 N–H and O–H groups in total. The van der Waals surface area contributed by atoms with Crippen molar-refractivity contribution < 1.29 is 27.2 Å². The van der Waals surface area contributed by atoms with Crippen LogP contribution in [0.15, 0.2) is 79.4 Å². The normalized spacial score (nSPS) is 11.1. The first-order valence-corrected chi connectivity index (χ1v) is 10.1. The molecule has 0 fully saturated rings. The standard InChI is InChI=1S/C24H17F4N5O2/c25-19-8-5-16(24(26,27)28)10-20(19)33-23(35)31-17-6-3-14(4-7-17)18-12-30-13-21(18)32-22(34)15-2-1-9-29-11-15/h1-13,30H,(H,32,34)(H2,31,33,35). The summed E-state index contributed by atoms with van der Waals surface area (Å²) in [4.78, 5) is 31.4. The molecule has 4 rings (SSSR count). The van der Waals surface area contributed by atoms with Gasteiger partial charge in [0.25, 0.3) is 5.91 Å². The predicted molar refractivity (Wildman–Crippen MR) is 122 cm³/mol. The Kier molecular flexibility index (Phi) is 6.49. The van der Waals surface area contributed by atoms with E-state index in [1.54, 1.807) is 55.0 Å². The van der Waals surface area contributed by atoms with Crippen molar-refractivity contribution in [3.63, 3.8) is 0 Å². The van der Waals surface area contributed by atoms with Gasteiger partial charge in [0.2, 0.25) is 0 Å². The second-order valence-electron chi connectivity index (χ2n) is 7.33. The lowest BCUT2D eigenvalue weighted by atomic mass is 10.1. The van der Waals surface area contributed by atoms with E-state index in [1.807, 2.05) is 0 Å². The molecule has 2 heterocycles. The Balaban J connectivity index is 1.43. The number of aromatic amines is 1. The third kappa shape index (κ3) is 5.64. The number of urea groups is 1. The highest BCUT2D eigenvalue weighted by atomic mass is 19.4. The predicted octanol–water partition coefficient (Wildman–Crippen LogP) is 6.13. The van der Waals surface area contributed by atoms with Crippen LogP contribution >= 0.6 is 0 Å². The van der Waals surface area contributed by atoms with Gasteiger partial charge in [0.15, 0.2) is 0 Å². The number of benzene rings is 2. The number of alkyl halides is 3. The van der Waals surface area contributed by atoms with Crippen molar-refractivity contribution in [1.29, 1.82) is 0 Å². The number of rotatable bonds is 5.